The number of hydrogen-bond acceptors (Lipinski definition) is 4. The van der Waals surface area contributed by atoms with Crippen LogP contribution < -0.4 is 19.5 Å². The number of rotatable bonds is 9. The van der Waals surface area contributed by atoms with Gasteiger partial charge < -0.3 is 19.5 Å². The zero-order chi connectivity index (χ0) is 18.1. The fourth-order valence-electron chi connectivity index (χ4n) is 2.04. The first-order valence-electron chi connectivity index (χ1n) is 7.72. The highest BCUT2D eigenvalue weighted by atomic mass is 35.5. The molecule has 0 aliphatic carbocycles. The first-order valence-corrected chi connectivity index (χ1v) is 8.10. The summed E-state index contributed by atoms with van der Waals surface area (Å²) in [6.45, 7) is 4.69. The third-order valence-electron chi connectivity index (χ3n) is 3.25. The normalized spacial score (nSPS) is 10.0. The maximum atomic E-state index is 12.2. The van der Waals surface area contributed by atoms with E-state index >= 15 is 0 Å². The van der Waals surface area contributed by atoms with Gasteiger partial charge in [0.05, 0.1) is 13.7 Å². The third kappa shape index (κ3) is 5.72. The smallest absolute Gasteiger partial charge is 0.251 e. The molecule has 0 atom stereocenters. The number of methoxy groups -OCH3 is 1. The first kappa shape index (κ1) is 18.7. The predicted molar refractivity (Wildman–Crippen MR) is 98.0 cm³/mol. The van der Waals surface area contributed by atoms with Gasteiger partial charge in [-0.05, 0) is 42.5 Å². The van der Waals surface area contributed by atoms with E-state index < -0.39 is 0 Å². The highest BCUT2D eigenvalue weighted by Gasteiger charge is 2.10. The predicted octanol–water partition coefficient (Wildman–Crippen LogP) is 3.72. The van der Waals surface area contributed by atoms with Gasteiger partial charge in [-0.3, -0.25) is 4.79 Å². The zero-order valence-electron chi connectivity index (χ0n) is 14.0. The second-order valence-electron chi connectivity index (χ2n) is 5.02. The summed E-state index contributed by atoms with van der Waals surface area (Å²) in [6, 6.07) is 12.1. The minimum Gasteiger partial charge on any atom is -0.493 e. The quantitative estimate of drug-likeness (QED) is 0.546. The molecule has 0 aromatic heterocycles. The molecule has 0 bridgehead atoms. The average Bonchev–Trinajstić information content (AvgIpc) is 2.64. The molecule has 0 spiro atoms. The van der Waals surface area contributed by atoms with E-state index in [4.69, 9.17) is 25.8 Å². The van der Waals surface area contributed by atoms with E-state index in [0.717, 1.165) is 0 Å². The van der Waals surface area contributed by atoms with Gasteiger partial charge in [0.1, 0.15) is 19.0 Å². The molecule has 0 radical (unpaired) electrons. The Morgan fingerprint density at radius 3 is 2.60 bits per heavy atom. The van der Waals surface area contributed by atoms with Crippen LogP contribution in [0.2, 0.25) is 5.02 Å². The molecule has 0 fully saturated rings. The summed E-state index contributed by atoms with van der Waals surface area (Å²) in [6.07, 6.45) is 1.64. The van der Waals surface area contributed by atoms with Gasteiger partial charge in [-0.1, -0.05) is 24.3 Å². The Kier molecular flexibility index (Phi) is 7.16. The van der Waals surface area contributed by atoms with Gasteiger partial charge in [-0.15, -0.1) is 0 Å². The largest absolute Gasteiger partial charge is 0.493 e. The standard InChI is InChI=1S/C19H20ClNO4/c1-3-11-25-17-9-4-14(13-18(17)23-2)19(22)21-10-12-24-16-7-5-15(20)6-8-16/h3-9,13H,1,10-12H2,2H3,(H,21,22). The van der Waals surface area contributed by atoms with Crippen LogP contribution in [-0.2, 0) is 0 Å². The SMILES string of the molecule is C=CCOc1ccc(C(=O)NCCOc2ccc(Cl)cc2)cc1OC. The molecule has 1 N–H and O–H groups in total. The van der Waals surface area contributed by atoms with Crippen molar-refractivity contribution in [2.24, 2.45) is 0 Å². The van der Waals surface area contributed by atoms with E-state index in [0.29, 0.717) is 47.6 Å². The molecule has 1 amide bonds. The van der Waals surface area contributed by atoms with Crippen LogP contribution >= 0.6 is 11.6 Å². The lowest BCUT2D eigenvalue weighted by atomic mass is 10.2. The average molecular weight is 362 g/mol. The number of carbonyl (C=O) groups excluding carboxylic acids is 1. The summed E-state index contributed by atoms with van der Waals surface area (Å²) in [4.78, 5) is 12.2. The summed E-state index contributed by atoms with van der Waals surface area (Å²) in [5.41, 5.74) is 0.481. The second kappa shape index (κ2) is 9.59. The number of halogens is 1. The van der Waals surface area contributed by atoms with Gasteiger partial charge in [-0.2, -0.15) is 0 Å². The molecular formula is C19H20ClNO4. The minimum atomic E-state index is -0.215. The lowest BCUT2D eigenvalue weighted by Crippen LogP contribution is -2.28. The Morgan fingerprint density at radius 1 is 1.16 bits per heavy atom. The maximum absolute atomic E-state index is 12.2. The summed E-state index contributed by atoms with van der Waals surface area (Å²) in [5.74, 6) is 1.54. The van der Waals surface area contributed by atoms with Gasteiger partial charge in [0.2, 0.25) is 0 Å². The van der Waals surface area contributed by atoms with Crippen molar-refractivity contribution in [3.8, 4) is 17.2 Å². The van der Waals surface area contributed by atoms with E-state index in [1.54, 1.807) is 48.5 Å². The summed E-state index contributed by atoms with van der Waals surface area (Å²) in [5, 5.41) is 3.44. The van der Waals surface area contributed by atoms with Gasteiger partial charge in [0, 0.05) is 10.6 Å². The second-order valence-corrected chi connectivity index (χ2v) is 5.46. The van der Waals surface area contributed by atoms with Crippen LogP contribution in [-0.4, -0.2) is 32.8 Å². The maximum Gasteiger partial charge on any atom is 0.251 e. The number of amides is 1. The molecule has 132 valence electrons. The molecule has 2 aromatic rings. The van der Waals surface area contributed by atoms with Gasteiger partial charge in [0.15, 0.2) is 11.5 Å². The summed E-state index contributed by atoms with van der Waals surface area (Å²) < 4.78 is 16.2. The fourth-order valence-corrected chi connectivity index (χ4v) is 2.17. The molecule has 0 saturated heterocycles. The van der Waals surface area contributed by atoms with E-state index in [1.807, 2.05) is 0 Å². The lowest BCUT2D eigenvalue weighted by molar-refractivity contribution is 0.0946. The Balaban J connectivity index is 1.85. The van der Waals surface area contributed by atoms with Crippen LogP contribution in [0.25, 0.3) is 0 Å². The molecule has 6 heteroatoms. The van der Waals surface area contributed by atoms with E-state index in [2.05, 4.69) is 11.9 Å². The van der Waals surface area contributed by atoms with Gasteiger partial charge in [0.25, 0.3) is 5.91 Å². The topological polar surface area (TPSA) is 56.8 Å². The van der Waals surface area contributed by atoms with E-state index in [9.17, 15) is 4.79 Å². The van der Waals surface area contributed by atoms with Crippen molar-refractivity contribution in [3.63, 3.8) is 0 Å². The minimum absolute atomic E-state index is 0.215. The molecule has 0 aliphatic rings. The van der Waals surface area contributed by atoms with Crippen LogP contribution in [0.5, 0.6) is 17.2 Å². The molecule has 5 nitrogen and oxygen atoms in total. The van der Waals surface area contributed by atoms with Crippen molar-refractivity contribution >= 4 is 17.5 Å². The molecule has 25 heavy (non-hydrogen) atoms. The van der Waals surface area contributed by atoms with Crippen molar-refractivity contribution in [1.29, 1.82) is 0 Å². The van der Waals surface area contributed by atoms with Crippen molar-refractivity contribution in [2.75, 3.05) is 26.9 Å². The van der Waals surface area contributed by atoms with Crippen molar-refractivity contribution in [1.82, 2.24) is 5.32 Å². The van der Waals surface area contributed by atoms with Crippen LogP contribution in [0.15, 0.2) is 55.1 Å². The van der Waals surface area contributed by atoms with Crippen molar-refractivity contribution in [2.45, 2.75) is 0 Å². The molecule has 0 heterocycles. The number of benzene rings is 2. The van der Waals surface area contributed by atoms with E-state index in [1.165, 1.54) is 7.11 Å². The monoisotopic (exact) mass is 361 g/mol. The highest BCUT2D eigenvalue weighted by molar-refractivity contribution is 6.30. The molecular weight excluding hydrogens is 342 g/mol. The number of ether oxygens (including phenoxy) is 3. The van der Waals surface area contributed by atoms with Gasteiger partial charge >= 0.3 is 0 Å². The van der Waals surface area contributed by atoms with Crippen molar-refractivity contribution in [3.05, 3.63) is 65.7 Å². The first-order chi connectivity index (χ1) is 12.1. The summed E-state index contributed by atoms with van der Waals surface area (Å²) >= 11 is 5.81. The van der Waals surface area contributed by atoms with Crippen molar-refractivity contribution < 1.29 is 19.0 Å². The third-order valence-corrected chi connectivity index (χ3v) is 3.50. The van der Waals surface area contributed by atoms with Crippen LogP contribution in [0, 0.1) is 0 Å². The Morgan fingerprint density at radius 2 is 1.92 bits per heavy atom. The number of nitrogens with one attached hydrogen (secondary N) is 1. The summed E-state index contributed by atoms with van der Waals surface area (Å²) in [7, 11) is 1.53. The molecule has 2 aromatic carbocycles. The van der Waals surface area contributed by atoms with Crippen LogP contribution in [0.1, 0.15) is 10.4 Å². The fraction of sp³-hybridized carbons (Fsp3) is 0.211. The van der Waals surface area contributed by atoms with Crippen LogP contribution in [0.3, 0.4) is 0 Å². The molecule has 0 aliphatic heterocycles. The molecule has 0 saturated carbocycles. The number of hydrogen-bond donors (Lipinski definition) is 1. The Hall–Kier alpha value is -2.66. The Labute approximate surface area is 152 Å². The zero-order valence-corrected chi connectivity index (χ0v) is 14.7. The van der Waals surface area contributed by atoms with Crippen LogP contribution in [0.4, 0.5) is 0 Å². The lowest BCUT2D eigenvalue weighted by Gasteiger charge is -2.11. The van der Waals surface area contributed by atoms with E-state index in [-0.39, 0.29) is 5.91 Å². The van der Waals surface area contributed by atoms with Gasteiger partial charge in [-0.25, -0.2) is 0 Å². The molecule has 2 rings (SSSR count). The number of carbonyl (C=O) groups is 1. The highest BCUT2D eigenvalue weighted by Crippen LogP contribution is 2.28. The Bertz CT molecular complexity index is 716. The molecule has 0 unspecified atom stereocenters.